The molecule has 0 saturated carbocycles. The Balaban J connectivity index is 1.66. The molecule has 3 aromatic rings. The third-order valence-electron chi connectivity index (χ3n) is 5.08. The van der Waals surface area contributed by atoms with Crippen LogP contribution in [0.5, 0.6) is 5.75 Å². The maximum atomic E-state index is 12.8. The highest BCUT2D eigenvalue weighted by atomic mass is 19.4. The summed E-state index contributed by atoms with van der Waals surface area (Å²) in [5.74, 6) is 5.94. The van der Waals surface area contributed by atoms with Crippen molar-refractivity contribution in [1.82, 2.24) is 0 Å². The number of hydrogen-bond donors (Lipinski definition) is 0. The highest BCUT2D eigenvalue weighted by Crippen LogP contribution is 2.31. The summed E-state index contributed by atoms with van der Waals surface area (Å²) in [5.41, 5.74) is 2.61. The molecular formula is C27H23F3O3. The molecule has 3 nitrogen and oxygen atoms in total. The molecule has 0 aliphatic carbocycles. The van der Waals surface area contributed by atoms with Crippen molar-refractivity contribution in [2.75, 3.05) is 7.11 Å². The second kappa shape index (κ2) is 10.7. The van der Waals surface area contributed by atoms with Gasteiger partial charge in [0, 0.05) is 0 Å². The molecule has 0 aromatic heterocycles. The fourth-order valence-electron chi connectivity index (χ4n) is 3.33. The Kier molecular flexibility index (Phi) is 7.78. The number of esters is 1. The topological polar surface area (TPSA) is 35.5 Å². The number of methoxy groups -OCH3 is 1. The summed E-state index contributed by atoms with van der Waals surface area (Å²) < 4.78 is 49.0. The maximum Gasteiger partial charge on any atom is 0.416 e. The zero-order valence-corrected chi connectivity index (χ0v) is 18.3. The van der Waals surface area contributed by atoms with Gasteiger partial charge in [0.2, 0.25) is 0 Å². The number of rotatable bonds is 7. The summed E-state index contributed by atoms with van der Waals surface area (Å²) in [5, 5.41) is 0. The van der Waals surface area contributed by atoms with Gasteiger partial charge in [-0.2, -0.15) is 13.2 Å². The molecule has 0 N–H and O–H groups in total. The van der Waals surface area contributed by atoms with E-state index in [0.29, 0.717) is 17.9 Å². The molecule has 0 aliphatic heterocycles. The van der Waals surface area contributed by atoms with Gasteiger partial charge in [-0.05, 0) is 59.5 Å². The first-order valence-electron chi connectivity index (χ1n) is 10.3. The van der Waals surface area contributed by atoms with Gasteiger partial charge in [-0.1, -0.05) is 48.4 Å². The van der Waals surface area contributed by atoms with Crippen molar-refractivity contribution in [3.8, 4) is 28.7 Å². The van der Waals surface area contributed by atoms with Crippen molar-refractivity contribution in [2.45, 2.75) is 32.0 Å². The van der Waals surface area contributed by atoms with Crippen LogP contribution in [0, 0.1) is 11.8 Å². The molecule has 33 heavy (non-hydrogen) atoms. The van der Waals surface area contributed by atoms with Gasteiger partial charge in [0.05, 0.1) is 25.0 Å². The summed E-state index contributed by atoms with van der Waals surface area (Å²) >= 11 is 0. The van der Waals surface area contributed by atoms with Crippen molar-refractivity contribution in [2.24, 2.45) is 0 Å². The largest absolute Gasteiger partial charge is 0.489 e. The Hall–Kier alpha value is -3.72. The van der Waals surface area contributed by atoms with Crippen LogP contribution in [-0.2, 0) is 22.3 Å². The Morgan fingerprint density at radius 3 is 2.27 bits per heavy atom. The molecule has 3 aromatic carbocycles. The number of ether oxygens (including phenoxy) is 2. The lowest BCUT2D eigenvalue weighted by Gasteiger charge is -2.12. The average molecular weight is 452 g/mol. The van der Waals surface area contributed by atoms with Crippen LogP contribution in [0.4, 0.5) is 13.2 Å². The molecular weight excluding hydrogens is 429 g/mol. The van der Waals surface area contributed by atoms with Crippen molar-refractivity contribution in [1.29, 1.82) is 0 Å². The molecule has 0 bridgehead atoms. The van der Waals surface area contributed by atoms with Crippen LogP contribution in [0.25, 0.3) is 11.1 Å². The van der Waals surface area contributed by atoms with E-state index in [2.05, 4.69) is 11.8 Å². The van der Waals surface area contributed by atoms with Crippen molar-refractivity contribution in [3.05, 3.63) is 89.5 Å². The number of carbonyl (C=O) groups is 1. The summed E-state index contributed by atoms with van der Waals surface area (Å²) in [4.78, 5) is 11.6. The predicted molar refractivity (Wildman–Crippen MR) is 120 cm³/mol. The molecule has 0 amide bonds. The number of hydrogen-bond acceptors (Lipinski definition) is 3. The molecule has 6 heteroatoms. The fourth-order valence-corrected chi connectivity index (χ4v) is 3.33. The molecule has 170 valence electrons. The first-order valence-corrected chi connectivity index (χ1v) is 10.3. The molecule has 0 saturated heterocycles. The van der Waals surface area contributed by atoms with Crippen molar-refractivity contribution < 1.29 is 27.4 Å². The minimum atomic E-state index is -4.35. The minimum absolute atomic E-state index is 0.175. The van der Waals surface area contributed by atoms with Gasteiger partial charge in [-0.25, -0.2) is 0 Å². The second-order valence-electron chi connectivity index (χ2n) is 7.36. The molecule has 0 heterocycles. The fraction of sp³-hybridized carbons (Fsp3) is 0.222. The lowest BCUT2D eigenvalue weighted by Crippen LogP contribution is -2.07. The molecule has 0 fully saturated rings. The zero-order chi connectivity index (χ0) is 23.8. The third kappa shape index (κ3) is 6.63. The van der Waals surface area contributed by atoms with Gasteiger partial charge in [0.15, 0.2) is 0 Å². The van der Waals surface area contributed by atoms with Crippen LogP contribution >= 0.6 is 0 Å². The molecule has 3 rings (SSSR count). The number of alkyl halides is 3. The van der Waals surface area contributed by atoms with E-state index in [1.807, 2.05) is 48.5 Å². The maximum absolute atomic E-state index is 12.8. The van der Waals surface area contributed by atoms with E-state index < -0.39 is 11.7 Å². The first kappa shape index (κ1) is 23.9. The summed E-state index contributed by atoms with van der Waals surface area (Å²) in [6.07, 6.45) is -4.18. The monoisotopic (exact) mass is 452 g/mol. The van der Waals surface area contributed by atoms with Gasteiger partial charge < -0.3 is 9.47 Å². The Labute approximate surface area is 191 Å². The van der Waals surface area contributed by atoms with Crippen LogP contribution < -0.4 is 4.74 Å². The first-order chi connectivity index (χ1) is 15.8. The SMILES string of the molecule is CC#C[C@@H](CC(=O)OC)c1ccc(OCc2cccc(-c3ccc(C(F)(F)F)cc3)c2)cc1. The van der Waals surface area contributed by atoms with Crippen LogP contribution in [0.2, 0.25) is 0 Å². The van der Waals surface area contributed by atoms with Crippen molar-refractivity contribution in [3.63, 3.8) is 0 Å². The van der Waals surface area contributed by atoms with E-state index in [0.717, 1.165) is 28.8 Å². The number of benzene rings is 3. The lowest BCUT2D eigenvalue weighted by atomic mass is 9.96. The zero-order valence-electron chi connectivity index (χ0n) is 18.3. The molecule has 0 aliphatic rings. The quantitative estimate of drug-likeness (QED) is 0.298. The third-order valence-corrected chi connectivity index (χ3v) is 5.08. The second-order valence-corrected chi connectivity index (χ2v) is 7.36. The highest BCUT2D eigenvalue weighted by molar-refractivity contribution is 5.71. The van der Waals surface area contributed by atoms with Gasteiger partial charge >= 0.3 is 12.1 Å². The summed E-state index contributed by atoms with van der Waals surface area (Å²) in [6.45, 7) is 2.02. The number of carbonyl (C=O) groups excluding carboxylic acids is 1. The summed E-state index contributed by atoms with van der Waals surface area (Å²) in [6, 6.07) is 19.9. The van der Waals surface area contributed by atoms with Crippen LogP contribution in [0.3, 0.4) is 0 Å². The van der Waals surface area contributed by atoms with Crippen LogP contribution in [-0.4, -0.2) is 13.1 Å². The standard InChI is InChI=1S/C27H23F3O3/c1-3-5-22(17-26(31)32-2)21-10-14-25(15-11-21)33-18-19-6-4-7-23(16-19)20-8-12-24(13-9-20)27(28,29)30/h4,6-16,22H,17-18H2,1-2H3/t22-/m0/s1. The number of halogens is 3. The summed E-state index contributed by atoms with van der Waals surface area (Å²) in [7, 11) is 1.35. The molecule has 0 radical (unpaired) electrons. The van der Waals surface area contributed by atoms with E-state index in [4.69, 9.17) is 9.47 Å². The average Bonchev–Trinajstić information content (AvgIpc) is 2.82. The van der Waals surface area contributed by atoms with E-state index in [9.17, 15) is 18.0 Å². The van der Waals surface area contributed by atoms with Gasteiger partial charge in [-0.3, -0.25) is 4.79 Å². The Morgan fingerprint density at radius 1 is 0.970 bits per heavy atom. The van der Waals surface area contributed by atoms with Crippen molar-refractivity contribution >= 4 is 5.97 Å². The van der Waals surface area contributed by atoms with Crippen LogP contribution in [0.1, 0.15) is 36.0 Å². The van der Waals surface area contributed by atoms with E-state index in [1.165, 1.54) is 19.2 Å². The Morgan fingerprint density at radius 2 is 1.67 bits per heavy atom. The van der Waals surface area contributed by atoms with E-state index in [1.54, 1.807) is 6.92 Å². The van der Waals surface area contributed by atoms with Gasteiger partial charge in [-0.15, -0.1) is 5.92 Å². The Bertz CT molecular complexity index is 1140. The van der Waals surface area contributed by atoms with Gasteiger partial charge in [0.1, 0.15) is 12.4 Å². The lowest BCUT2D eigenvalue weighted by molar-refractivity contribution is -0.141. The molecule has 0 spiro atoms. The molecule has 1 atom stereocenters. The predicted octanol–water partition coefficient (Wildman–Crippen LogP) is 6.62. The van der Waals surface area contributed by atoms with Gasteiger partial charge in [0.25, 0.3) is 0 Å². The normalized spacial score (nSPS) is 11.8. The van der Waals surface area contributed by atoms with E-state index >= 15 is 0 Å². The molecule has 0 unspecified atom stereocenters. The minimum Gasteiger partial charge on any atom is -0.489 e. The highest BCUT2D eigenvalue weighted by Gasteiger charge is 2.29. The smallest absolute Gasteiger partial charge is 0.416 e. The van der Waals surface area contributed by atoms with Crippen LogP contribution in [0.15, 0.2) is 72.8 Å². The van der Waals surface area contributed by atoms with E-state index in [-0.39, 0.29) is 18.3 Å².